The van der Waals surface area contributed by atoms with Gasteiger partial charge in [-0.2, -0.15) is 0 Å². The van der Waals surface area contributed by atoms with E-state index in [1.165, 1.54) is 0 Å². The predicted octanol–water partition coefficient (Wildman–Crippen LogP) is 3.44. The zero-order valence-corrected chi connectivity index (χ0v) is 9.77. The maximum absolute atomic E-state index is 12.1. The summed E-state index contributed by atoms with van der Waals surface area (Å²) in [6.45, 7) is 2.67. The van der Waals surface area contributed by atoms with Crippen molar-refractivity contribution in [3.05, 3.63) is 42.0 Å². The highest BCUT2D eigenvalue weighted by atomic mass is 16.5. The third-order valence-electron chi connectivity index (χ3n) is 3.23. The molecule has 2 aromatic carbocycles. The number of carbonyl (C=O) groups excluding carboxylic acids is 1. The van der Waals surface area contributed by atoms with Gasteiger partial charge in [0.1, 0.15) is 5.75 Å². The average molecular weight is 226 g/mol. The van der Waals surface area contributed by atoms with Crippen molar-refractivity contribution in [2.75, 3.05) is 6.61 Å². The fourth-order valence-electron chi connectivity index (χ4n) is 2.33. The van der Waals surface area contributed by atoms with E-state index in [2.05, 4.69) is 0 Å². The lowest BCUT2D eigenvalue weighted by Crippen LogP contribution is -2.07. The molecule has 0 amide bonds. The fourth-order valence-corrected chi connectivity index (χ4v) is 2.33. The Morgan fingerprint density at radius 1 is 1.18 bits per heavy atom. The molecule has 17 heavy (non-hydrogen) atoms. The van der Waals surface area contributed by atoms with Gasteiger partial charge in [-0.15, -0.1) is 0 Å². The summed E-state index contributed by atoms with van der Waals surface area (Å²) in [5.41, 5.74) is 0.730. The van der Waals surface area contributed by atoms with Gasteiger partial charge in [-0.1, -0.05) is 37.3 Å². The van der Waals surface area contributed by atoms with Gasteiger partial charge in [0.2, 0.25) is 0 Å². The number of Topliss-reactive ketones (excluding diaryl/α,β-unsaturated/α-hetero) is 1. The fraction of sp³-hybridized carbons (Fsp3) is 0.267. The van der Waals surface area contributed by atoms with Crippen LogP contribution in [0.15, 0.2) is 36.4 Å². The molecule has 0 aliphatic carbocycles. The Morgan fingerprint density at radius 3 is 2.88 bits per heavy atom. The third kappa shape index (κ3) is 1.70. The standard InChI is InChI=1S/C15H14O2/c1-10-8-14(16)13-7-6-11-4-2-3-5-12(11)15(13)17-9-10/h2-7,10H,8-9H2,1H3. The van der Waals surface area contributed by atoms with Crippen LogP contribution in [0.2, 0.25) is 0 Å². The molecule has 1 aliphatic rings. The van der Waals surface area contributed by atoms with Gasteiger partial charge >= 0.3 is 0 Å². The van der Waals surface area contributed by atoms with Crippen LogP contribution in [0.4, 0.5) is 0 Å². The van der Waals surface area contributed by atoms with Gasteiger partial charge in [-0.25, -0.2) is 0 Å². The number of ketones is 1. The number of fused-ring (bicyclic) bond motifs is 3. The summed E-state index contributed by atoms with van der Waals surface area (Å²) in [6, 6.07) is 11.9. The summed E-state index contributed by atoms with van der Waals surface area (Å²) >= 11 is 0. The minimum Gasteiger partial charge on any atom is -0.492 e. The Labute approximate surface area is 100 Å². The van der Waals surface area contributed by atoms with Gasteiger partial charge in [0, 0.05) is 11.8 Å². The largest absolute Gasteiger partial charge is 0.492 e. The monoisotopic (exact) mass is 226 g/mol. The number of carbonyl (C=O) groups is 1. The van der Waals surface area contributed by atoms with Gasteiger partial charge in [0.25, 0.3) is 0 Å². The number of hydrogen-bond donors (Lipinski definition) is 0. The number of benzene rings is 2. The van der Waals surface area contributed by atoms with Crippen LogP contribution in [-0.2, 0) is 0 Å². The second-order valence-electron chi connectivity index (χ2n) is 4.71. The van der Waals surface area contributed by atoms with Crippen LogP contribution >= 0.6 is 0 Å². The lowest BCUT2D eigenvalue weighted by atomic mass is 9.98. The smallest absolute Gasteiger partial charge is 0.167 e. The Morgan fingerprint density at radius 2 is 2.00 bits per heavy atom. The van der Waals surface area contributed by atoms with Crippen molar-refractivity contribution < 1.29 is 9.53 Å². The van der Waals surface area contributed by atoms with Crippen molar-refractivity contribution in [3.63, 3.8) is 0 Å². The molecular weight excluding hydrogens is 212 g/mol. The van der Waals surface area contributed by atoms with E-state index in [9.17, 15) is 4.79 Å². The summed E-state index contributed by atoms with van der Waals surface area (Å²) in [6.07, 6.45) is 0.575. The molecule has 1 unspecified atom stereocenters. The molecule has 0 radical (unpaired) electrons. The Bertz CT molecular complexity index is 586. The zero-order valence-electron chi connectivity index (χ0n) is 9.77. The molecule has 0 spiro atoms. The van der Waals surface area contributed by atoms with Crippen molar-refractivity contribution >= 4 is 16.6 Å². The molecule has 1 atom stereocenters. The first-order valence-electron chi connectivity index (χ1n) is 5.93. The molecule has 0 N–H and O–H groups in total. The van der Waals surface area contributed by atoms with E-state index in [0.717, 1.165) is 22.1 Å². The number of ether oxygens (including phenoxy) is 1. The summed E-state index contributed by atoms with van der Waals surface area (Å²) in [7, 11) is 0. The van der Waals surface area contributed by atoms with Crippen LogP contribution < -0.4 is 4.74 Å². The summed E-state index contributed by atoms with van der Waals surface area (Å²) in [5, 5.41) is 2.15. The number of rotatable bonds is 0. The molecule has 2 heteroatoms. The van der Waals surface area contributed by atoms with Crippen molar-refractivity contribution in [2.24, 2.45) is 5.92 Å². The van der Waals surface area contributed by atoms with Gasteiger partial charge in [0.05, 0.1) is 12.2 Å². The highest BCUT2D eigenvalue weighted by molar-refractivity contribution is 6.05. The van der Waals surface area contributed by atoms with E-state index < -0.39 is 0 Å². The highest BCUT2D eigenvalue weighted by Gasteiger charge is 2.22. The highest BCUT2D eigenvalue weighted by Crippen LogP contribution is 2.33. The van der Waals surface area contributed by atoms with Crippen LogP contribution in [-0.4, -0.2) is 12.4 Å². The van der Waals surface area contributed by atoms with Gasteiger partial charge in [-0.05, 0) is 17.4 Å². The quantitative estimate of drug-likeness (QED) is 0.687. The second kappa shape index (κ2) is 3.88. The second-order valence-corrected chi connectivity index (χ2v) is 4.71. The molecule has 3 rings (SSSR count). The van der Waals surface area contributed by atoms with E-state index >= 15 is 0 Å². The molecule has 1 aliphatic heterocycles. The van der Waals surface area contributed by atoms with Crippen molar-refractivity contribution in [1.82, 2.24) is 0 Å². The van der Waals surface area contributed by atoms with Gasteiger partial charge in [0.15, 0.2) is 5.78 Å². The summed E-state index contributed by atoms with van der Waals surface area (Å²) in [4.78, 5) is 12.1. The molecule has 0 saturated carbocycles. The van der Waals surface area contributed by atoms with E-state index in [0.29, 0.717) is 13.0 Å². The maximum Gasteiger partial charge on any atom is 0.167 e. The van der Waals surface area contributed by atoms with Crippen molar-refractivity contribution in [1.29, 1.82) is 0 Å². The average Bonchev–Trinajstić information content (AvgIpc) is 2.49. The van der Waals surface area contributed by atoms with Crippen LogP contribution in [0.25, 0.3) is 10.8 Å². The molecule has 0 saturated heterocycles. The molecule has 0 fully saturated rings. The van der Waals surface area contributed by atoms with Crippen LogP contribution in [0.5, 0.6) is 5.75 Å². The Balaban J connectivity index is 2.26. The minimum absolute atomic E-state index is 0.191. The molecule has 1 heterocycles. The van der Waals surface area contributed by atoms with Crippen molar-refractivity contribution in [2.45, 2.75) is 13.3 Å². The van der Waals surface area contributed by atoms with Crippen LogP contribution in [0.3, 0.4) is 0 Å². The maximum atomic E-state index is 12.1. The SMILES string of the molecule is CC1COc2c(ccc3ccccc23)C(=O)C1. The first-order valence-corrected chi connectivity index (χ1v) is 5.93. The van der Waals surface area contributed by atoms with Crippen molar-refractivity contribution in [3.8, 4) is 5.75 Å². The summed E-state index contributed by atoms with van der Waals surface area (Å²) < 4.78 is 5.82. The predicted molar refractivity (Wildman–Crippen MR) is 67.6 cm³/mol. The lowest BCUT2D eigenvalue weighted by Gasteiger charge is -2.10. The van der Waals surface area contributed by atoms with E-state index in [1.807, 2.05) is 43.3 Å². The molecule has 2 nitrogen and oxygen atoms in total. The van der Waals surface area contributed by atoms with Crippen LogP contribution in [0.1, 0.15) is 23.7 Å². The lowest BCUT2D eigenvalue weighted by molar-refractivity contribution is 0.0966. The van der Waals surface area contributed by atoms with E-state index in [4.69, 9.17) is 4.74 Å². The number of hydrogen-bond acceptors (Lipinski definition) is 2. The first-order chi connectivity index (χ1) is 8.25. The normalized spacial score (nSPS) is 19.6. The molecule has 2 aromatic rings. The molecular formula is C15H14O2. The Hall–Kier alpha value is -1.83. The molecule has 0 aromatic heterocycles. The topological polar surface area (TPSA) is 26.3 Å². The van der Waals surface area contributed by atoms with E-state index in [-0.39, 0.29) is 11.7 Å². The van der Waals surface area contributed by atoms with Crippen LogP contribution in [0, 0.1) is 5.92 Å². The zero-order chi connectivity index (χ0) is 11.8. The summed E-state index contributed by atoms with van der Waals surface area (Å²) in [5.74, 6) is 1.24. The van der Waals surface area contributed by atoms with E-state index in [1.54, 1.807) is 0 Å². The van der Waals surface area contributed by atoms with Gasteiger partial charge < -0.3 is 4.74 Å². The first kappa shape index (κ1) is 10.3. The third-order valence-corrected chi connectivity index (χ3v) is 3.23. The molecule has 0 bridgehead atoms. The molecule has 86 valence electrons. The van der Waals surface area contributed by atoms with Gasteiger partial charge in [-0.3, -0.25) is 4.79 Å². The Kier molecular flexibility index (Phi) is 2.36. The minimum atomic E-state index is 0.191.